The fourth-order valence-corrected chi connectivity index (χ4v) is 5.14. The monoisotopic (exact) mass is 736 g/mol. The van der Waals surface area contributed by atoms with Crippen molar-refractivity contribution in [2.45, 2.75) is 88.4 Å². The van der Waals surface area contributed by atoms with E-state index in [1.807, 2.05) is 0 Å². The molecule has 0 spiro atoms. The maximum absolute atomic E-state index is 12.0. The van der Waals surface area contributed by atoms with Gasteiger partial charge in [-0.2, -0.15) is 0 Å². The largest absolute Gasteiger partial charge is 1.00 e. The van der Waals surface area contributed by atoms with Gasteiger partial charge in [0.15, 0.2) is 0 Å². The number of nitro benzene ring substituents is 1. The van der Waals surface area contributed by atoms with Crippen LogP contribution in [0, 0.1) is 10.1 Å². The molecule has 19 heteroatoms. The molecule has 1 saturated heterocycles. The number of carbonyl (C=O) groups excluding carboxylic acids is 5. The number of esters is 1. The van der Waals surface area contributed by atoms with E-state index in [9.17, 15) is 47.1 Å². The Morgan fingerprint density at radius 2 is 1.32 bits per heavy atom. The van der Waals surface area contributed by atoms with Crippen LogP contribution in [0.3, 0.4) is 0 Å². The molecule has 1 aliphatic heterocycles. The molecule has 1 fully saturated rings. The van der Waals surface area contributed by atoms with Crippen LogP contribution in [0.1, 0.15) is 83.5 Å². The van der Waals surface area contributed by atoms with Crippen LogP contribution >= 0.6 is 0 Å². The molecule has 0 aliphatic carbocycles. The number of nitro groups is 1. The van der Waals surface area contributed by atoms with E-state index in [-0.39, 0.29) is 72.4 Å². The first-order valence-electron chi connectivity index (χ1n) is 16.4. The van der Waals surface area contributed by atoms with Crippen molar-refractivity contribution in [3.8, 4) is 5.75 Å². The van der Waals surface area contributed by atoms with Gasteiger partial charge in [0.1, 0.15) is 10.1 Å². The Labute approximate surface area is 313 Å². The number of hydrogen-bond acceptors (Lipinski definition) is 13. The van der Waals surface area contributed by atoms with Gasteiger partial charge < -0.3 is 29.4 Å². The van der Waals surface area contributed by atoms with Gasteiger partial charge in [0.05, 0.1) is 9.82 Å². The van der Waals surface area contributed by atoms with Gasteiger partial charge in [-0.3, -0.25) is 39.0 Å². The molecule has 0 radical (unpaired) electrons. The molecule has 1 heterocycles. The van der Waals surface area contributed by atoms with E-state index in [1.54, 1.807) is 0 Å². The Kier molecular flexibility index (Phi) is 22.5. The van der Waals surface area contributed by atoms with Crippen molar-refractivity contribution in [1.82, 2.24) is 15.5 Å². The SMILES string of the molecule is O=C(CCCCCN1C(=O)CCC1=O)NCCCOCCCCOCCCNC(=O)CCCC(=O)Oc1ccc(S(=O)(=O)[O-])cc1[N+](=O)[O-].[Na+]. The van der Waals surface area contributed by atoms with Gasteiger partial charge >= 0.3 is 41.2 Å². The van der Waals surface area contributed by atoms with Crippen molar-refractivity contribution in [3.05, 3.63) is 28.3 Å². The summed E-state index contributed by atoms with van der Waals surface area (Å²) in [6.45, 7) is 3.47. The molecule has 2 rings (SSSR count). The smallest absolute Gasteiger partial charge is 0.744 e. The zero-order valence-corrected chi connectivity index (χ0v) is 31.3. The molecule has 1 aliphatic rings. The number of carbonyl (C=O) groups is 5. The number of nitrogens with zero attached hydrogens (tertiary/aromatic N) is 2. The van der Waals surface area contributed by atoms with E-state index in [4.69, 9.17) is 14.2 Å². The summed E-state index contributed by atoms with van der Waals surface area (Å²) >= 11 is 0. The zero-order chi connectivity index (χ0) is 36.1. The summed E-state index contributed by atoms with van der Waals surface area (Å²) in [6, 6.07) is 2.18. The summed E-state index contributed by atoms with van der Waals surface area (Å²) in [4.78, 5) is 69.7. The van der Waals surface area contributed by atoms with E-state index in [1.165, 1.54) is 4.90 Å². The first kappa shape index (κ1) is 45.0. The Balaban J connectivity index is 0.0000125. The van der Waals surface area contributed by atoms with Crippen molar-refractivity contribution in [1.29, 1.82) is 0 Å². The molecule has 274 valence electrons. The predicted octanol–water partition coefficient (Wildman–Crippen LogP) is -0.886. The van der Waals surface area contributed by atoms with Crippen LogP contribution in [-0.2, 0) is 43.6 Å². The third-order valence-electron chi connectivity index (χ3n) is 7.27. The minimum atomic E-state index is -4.93. The summed E-state index contributed by atoms with van der Waals surface area (Å²) in [5.41, 5.74) is -0.844. The van der Waals surface area contributed by atoms with Gasteiger partial charge in [0, 0.05) is 84.2 Å². The van der Waals surface area contributed by atoms with Crippen LogP contribution in [0.5, 0.6) is 5.75 Å². The number of hydrogen-bond donors (Lipinski definition) is 2. The van der Waals surface area contributed by atoms with Crippen molar-refractivity contribution in [3.63, 3.8) is 0 Å². The average molecular weight is 737 g/mol. The summed E-state index contributed by atoms with van der Waals surface area (Å²) in [5.74, 6) is -1.89. The van der Waals surface area contributed by atoms with Gasteiger partial charge in [-0.05, 0) is 57.1 Å². The second kappa shape index (κ2) is 25.0. The Hall–Kier alpha value is -3.00. The maximum Gasteiger partial charge on any atom is 1.00 e. The summed E-state index contributed by atoms with van der Waals surface area (Å²) in [7, 11) is -4.93. The molecule has 0 atom stereocenters. The van der Waals surface area contributed by atoms with E-state index in [2.05, 4.69) is 10.6 Å². The van der Waals surface area contributed by atoms with Crippen molar-refractivity contribution in [2.75, 3.05) is 46.1 Å². The predicted molar refractivity (Wildman–Crippen MR) is 171 cm³/mol. The number of amides is 4. The normalized spacial score (nSPS) is 12.8. The fraction of sp³-hybridized carbons (Fsp3) is 0.645. The molecule has 1 aromatic rings. The van der Waals surface area contributed by atoms with Gasteiger partial charge in [-0.15, -0.1) is 0 Å². The molecule has 17 nitrogen and oxygen atoms in total. The summed E-state index contributed by atoms with van der Waals surface area (Å²) in [6.07, 6.45) is 6.06. The standard InChI is InChI=1S/C31H46N4O13S.Na/c36-27(9-2-1-3-18-34-29(38)14-15-30(34)39)32-16-7-21-46-19-4-5-20-47-22-8-17-33-28(37)10-6-11-31(40)48-26-13-12-24(49(43,44)45)23-25(26)35(41)42;/h12-13,23H,1-11,14-22H2,(H,32,36)(H,33,37)(H,43,44,45);/q;+1/p-1. The van der Waals surface area contributed by atoms with Crippen molar-refractivity contribution in [2.24, 2.45) is 0 Å². The fourth-order valence-electron chi connectivity index (χ4n) is 4.65. The van der Waals surface area contributed by atoms with E-state index >= 15 is 0 Å². The van der Waals surface area contributed by atoms with Crippen LogP contribution in [-0.4, -0.2) is 98.5 Å². The third-order valence-corrected chi connectivity index (χ3v) is 8.10. The Morgan fingerprint density at radius 3 is 1.86 bits per heavy atom. The van der Waals surface area contributed by atoms with Gasteiger partial charge in [0.25, 0.3) is 0 Å². The molecule has 0 saturated carbocycles. The van der Waals surface area contributed by atoms with Gasteiger partial charge in [-0.25, -0.2) is 8.42 Å². The molecule has 4 amide bonds. The van der Waals surface area contributed by atoms with Crippen LogP contribution in [0.2, 0.25) is 0 Å². The van der Waals surface area contributed by atoms with Crippen LogP contribution in [0.15, 0.2) is 23.1 Å². The second-order valence-electron chi connectivity index (χ2n) is 11.3. The Bertz CT molecular complexity index is 1380. The molecule has 2 N–H and O–H groups in total. The molecular formula is C31H45N4NaO13S. The third kappa shape index (κ3) is 18.8. The molecule has 1 aromatic carbocycles. The quantitative estimate of drug-likeness (QED) is 0.0172. The number of likely N-dealkylation sites (tertiary alicyclic amines) is 1. The minimum absolute atomic E-state index is 0. The average Bonchev–Trinajstić information content (AvgIpc) is 3.36. The van der Waals surface area contributed by atoms with E-state index < -0.39 is 37.3 Å². The number of unbranched alkanes of at least 4 members (excludes halogenated alkanes) is 3. The van der Waals surface area contributed by atoms with Crippen LogP contribution in [0.25, 0.3) is 0 Å². The molecule has 0 aromatic heterocycles. The number of nitrogens with one attached hydrogen (secondary N) is 2. The number of ether oxygens (including phenoxy) is 3. The molecular weight excluding hydrogens is 691 g/mol. The summed E-state index contributed by atoms with van der Waals surface area (Å²) in [5, 5.41) is 16.7. The molecule has 0 bridgehead atoms. The number of benzene rings is 1. The second-order valence-corrected chi connectivity index (χ2v) is 12.6. The number of imide groups is 1. The first-order valence-corrected chi connectivity index (χ1v) is 17.8. The van der Waals surface area contributed by atoms with E-state index in [0.717, 1.165) is 31.4 Å². The van der Waals surface area contributed by atoms with E-state index in [0.29, 0.717) is 97.1 Å². The molecule has 0 unspecified atom stereocenters. The minimum Gasteiger partial charge on any atom is -0.744 e. The maximum atomic E-state index is 12.0. The van der Waals surface area contributed by atoms with Crippen molar-refractivity contribution < 1.29 is 85.6 Å². The van der Waals surface area contributed by atoms with Crippen LogP contribution in [0.4, 0.5) is 5.69 Å². The zero-order valence-electron chi connectivity index (χ0n) is 28.5. The summed E-state index contributed by atoms with van der Waals surface area (Å²) < 4.78 is 49.3. The Morgan fingerprint density at radius 1 is 0.780 bits per heavy atom. The van der Waals surface area contributed by atoms with Gasteiger partial charge in [-0.1, -0.05) is 6.42 Å². The topological polar surface area (TPSA) is 241 Å². The van der Waals surface area contributed by atoms with Crippen molar-refractivity contribution >= 4 is 45.4 Å². The van der Waals surface area contributed by atoms with Gasteiger partial charge in [0.2, 0.25) is 29.4 Å². The first-order chi connectivity index (χ1) is 23.4. The number of rotatable bonds is 26. The molecule has 50 heavy (non-hydrogen) atoms. The van der Waals surface area contributed by atoms with Crippen LogP contribution < -0.4 is 44.9 Å².